The van der Waals surface area contributed by atoms with Gasteiger partial charge in [-0.25, -0.2) is 24.8 Å². The number of aryl methyl sites for hydroxylation is 1. The van der Waals surface area contributed by atoms with E-state index in [0.29, 0.717) is 27.1 Å². The van der Waals surface area contributed by atoms with E-state index in [1.54, 1.807) is 34.8 Å². The van der Waals surface area contributed by atoms with E-state index >= 15 is 0 Å². The van der Waals surface area contributed by atoms with Crippen molar-refractivity contribution in [2.24, 2.45) is 5.73 Å². The molecule has 1 aliphatic rings. The standard InChI is InChI=1S/C21H31N5O7S/c1-11-14(10-25(18(22)28)23-19(29)33-21(2,3)4)34-17-15(11)16(27)26(12-9-13(12)32-6)20(30)24(17)7-8-31-5/h12-13H,7-10H2,1-6H3,(H2,22,28)(H,23,29). The maximum absolute atomic E-state index is 13.4. The van der Waals surface area contributed by atoms with Crippen LogP contribution in [0.1, 0.15) is 43.7 Å². The number of primary amides is 1. The fourth-order valence-electron chi connectivity index (χ4n) is 3.65. The first kappa shape index (κ1) is 25.7. The zero-order valence-electron chi connectivity index (χ0n) is 20.2. The van der Waals surface area contributed by atoms with Crippen molar-refractivity contribution in [3.8, 4) is 0 Å². The molecule has 0 aliphatic heterocycles. The van der Waals surface area contributed by atoms with E-state index in [4.69, 9.17) is 19.9 Å². The van der Waals surface area contributed by atoms with Crippen LogP contribution in [0, 0.1) is 6.92 Å². The Morgan fingerprint density at radius 2 is 1.94 bits per heavy atom. The van der Waals surface area contributed by atoms with Crippen molar-refractivity contribution in [3.05, 3.63) is 31.3 Å². The van der Waals surface area contributed by atoms with E-state index in [-0.39, 0.29) is 31.8 Å². The summed E-state index contributed by atoms with van der Waals surface area (Å²) in [5.41, 5.74) is 6.77. The third kappa shape index (κ3) is 5.26. The SMILES string of the molecule is COCCn1c(=O)n(C2CC2OC)c(=O)c2c(C)c(CN(NC(=O)OC(C)(C)C)C(N)=O)sc21. The lowest BCUT2D eigenvalue weighted by Gasteiger charge is -2.24. The van der Waals surface area contributed by atoms with Gasteiger partial charge >= 0.3 is 17.8 Å². The molecular weight excluding hydrogens is 466 g/mol. The van der Waals surface area contributed by atoms with Crippen molar-refractivity contribution < 1.29 is 23.8 Å². The average Bonchev–Trinajstić information content (AvgIpc) is 3.42. The Kier molecular flexibility index (Phi) is 7.38. The number of aromatic nitrogens is 2. The first-order valence-corrected chi connectivity index (χ1v) is 11.6. The molecule has 2 aromatic heterocycles. The lowest BCUT2D eigenvalue weighted by atomic mass is 10.2. The van der Waals surface area contributed by atoms with Crippen LogP contribution in [0.25, 0.3) is 10.2 Å². The summed E-state index contributed by atoms with van der Waals surface area (Å²) < 4.78 is 18.4. The van der Waals surface area contributed by atoms with Crippen LogP contribution in [0.2, 0.25) is 0 Å². The van der Waals surface area contributed by atoms with Crippen molar-refractivity contribution in [2.75, 3.05) is 20.8 Å². The summed E-state index contributed by atoms with van der Waals surface area (Å²) in [5, 5.41) is 1.28. The Labute approximate surface area is 200 Å². The number of amides is 3. The second kappa shape index (κ2) is 9.76. The second-order valence-electron chi connectivity index (χ2n) is 9.05. The van der Waals surface area contributed by atoms with Crippen molar-refractivity contribution >= 4 is 33.7 Å². The van der Waals surface area contributed by atoms with E-state index < -0.39 is 29.0 Å². The molecule has 1 fully saturated rings. The molecule has 1 saturated carbocycles. The number of urea groups is 1. The average molecular weight is 498 g/mol. The number of nitrogens with one attached hydrogen (secondary N) is 1. The van der Waals surface area contributed by atoms with Gasteiger partial charge in [0.2, 0.25) is 0 Å². The molecule has 2 atom stereocenters. The van der Waals surface area contributed by atoms with Crippen molar-refractivity contribution in [1.29, 1.82) is 0 Å². The van der Waals surface area contributed by atoms with Gasteiger partial charge in [0.05, 0.1) is 37.2 Å². The first-order valence-electron chi connectivity index (χ1n) is 10.7. The molecule has 3 rings (SSSR count). The number of methoxy groups -OCH3 is 2. The minimum Gasteiger partial charge on any atom is -0.443 e. The quantitative estimate of drug-likeness (QED) is 0.550. The van der Waals surface area contributed by atoms with Crippen LogP contribution in [0.3, 0.4) is 0 Å². The van der Waals surface area contributed by atoms with Crippen LogP contribution < -0.4 is 22.4 Å². The van der Waals surface area contributed by atoms with Crippen LogP contribution in [0.15, 0.2) is 9.59 Å². The molecule has 3 N–H and O–H groups in total. The number of thiophene rings is 1. The Hall–Kier alpha value is -2.90. The molecule has 0 bridgehead atoms. The van der Waals surface area contributed by atoms with Gasteiger partial charge in [0.1, 0.15) is 10.4 Å². The number of carbonyl (C=O) groups is 2. The van der Waals surface area contributed by atoms with Crippen LogP contribution in [0.4, 0.5) is 9.59 Å². The molecule has 13 heteroatoms. The van der Waals surface area contributed by atoms with Crippen molar-refractivity contribution in [3.63, 3.8) is 0 Å². The number of hydrazine groups is 1. The molecule has 3 amide bonds. The number of nitrogens with zero attached hydrogens (tertiary/aromatic N) is 3. The van der Waals surface area contributed by atoms with Crippen LogP contribution in [-0.2, 0) is 27.3 Å². The third-order valence-electron chi connectivity index (χ3n) is 5.39. The first-order chi connectivity index (χ1) is 15.9. The molecule has 2 unspecified atom stereocenters. The Morgan fingerprint density at radius 3 is 2.47 bits per heavy atom. The molecule has 2 heterocycles. The van der Waals surface area contributed by atoms with E-state index in [1.165, 1.54) is 27.6 Å². The fourth-order valence-corrected chi connectivity index (χ4v) is 4.95. The number of rotatable bonds is 7. The highest BCUT2D eigenvalue weighted by Crippen LogP contribution is 2.37. The van der Waals surface area contributed by atoms with Gasteiger partial charge in [0.15, 0.2) is 0 Å². The molecule has 34 heavy (non-hydrogen) atoms. The summed E-state index contributed by atoms with van der Waals surface area (Å²) in [6.45, 7) is 7.21. The van der Waals surface area contributed by atoms with Gasteiger partial charge in [-0.15, -0.1) is 11.3 Å². The van der Waals surface area contributed by atoms with Crippen molar-refractivity contribution in [2.45, 2.75) is 65.0 Å². The summed E-state index contributed by atoms with van der Waals surface area (Å²) in [5.74, 6) is 0. The van der Waals surface area contributed by atoms with E-state index in [0.717, 1.165) is 5.01 Å². The molecule has 0 saturated heterocycles. The number of nitrogens with two attached hydrogens (primary N) is 1. The summed E-state index contributed by atoms with van der Waals surface area (Å²) >= 11 is 1.18. The topological polar surface area (TPSA) is 147 Å². The Morgan fingerprint density at radius 1 is 1.26 bits per heavy atom. The molecule has 188 valence electrons. The lowest BCUT2D eigenvalue weighted by molar-refractivity contribution is 0.0376. The fraction of sp³-hybridized carbons (Fsp3) is 0.619. The lowest BCUT2D eigenvalue weighted by Crippen LogP contribution is -2.49. The Balaban J connectivity index is 2.05. The van der Waals surface area contributed by atoms with Crippen LogP contribution >= 0.6 is 11.3 Å². The van der Waals surface area contributed by atoms with E-state index in [9.17, 15) is 19.2 Å². The maximum Gasteiger partial charge on any atom is 0.426 e. The highest BCUT2D eigenvalue weighted by Gasteiger charge is 2.42. The van der Waals surface area contributed by atoms with Gasteiger partial charge in [-0.05, 0) is 39.7 Å². The molecular formula is C21H31N5O7S. The normalized spacial score (nSPS) is 17.6. The van der Waals surface area contributed by atoms with E-state index in [2.05, 4.69) is 5.43 Å². The maximum atomic E-state index is 13.4. The van der Waals surface area contributed by atoms with Gasteiger partial charge < -0.3 is 19.9 Å². The molecule has 0 radical (unpaired) electrons. The molecule has 12 nitrogen and oxygen atoms in total. The summed E-state index contributed by atoms with van der Waals surface area (Å²) in [4.78, 5) is 51.9. The number of hydrogen-bond donors (Lipinski definition) is 2. The van der Waals surface area contributed by atoms with E-state index in [1.807, 2.05) is 0 Å². The van der Waals surface area contributed by atoms with Gasteiger partial charge in [-0.2, -0.15) is 0 Å². The monoisotopic (exact) mass is 497 g/mol. The van der Waals surface area contributed by atoms with Crippen LogP contribution in [0.5, 0.6) is 0 Å². The van der Waals surface area contributed by atoms with Gasteiger partial charge in [-0.1, -0.05) is 0 Å². The highest BCUT2D eigenvalue weighted by atomic mass is 32.1. The van der Waals surface area contributed by atoms with Gasteiger partial charge in [0, 0.05) is 19.1 Å². The predicted molar refractivity (Wildman–Crippen MR) is 126 cm³/mol. The molecule has 1 aliphatic carbocycles. The smallest absolute Gasteiger partial charge is 0.426 e. The Bertz CT molecular complexity index is 1210. The summed E-state index contributed by atoms with van der Waals surface area (Å²) in [7, 11) is 3.07. The predicted octanol–water partition coefficient (Wildman–Crippen LogP) is 1.46. The minimum absolute atomic E-state index is 0.109. The number of fused-ring (bicyclic) bond motifs is 1. The summed E-state index contributed by atoms with van der Waals surface area (Å²) in [6, 6.07) is -1.24. The zero-order chi connectivity index (χ0) is 25.4. The zero-order valence-corrected chi connectivity index (χ0v) is 21.0. The van der Waals surface area contributed by atoms with Crippen molar-refractivity contribution in [1.82, 2.24) is 19.6 Å². The molecule has 0 spiro atoms. The van der Waals surface area contributed by atoms with Crippen LogP contribution in [-0.4, -0.2) is 58.8 Å². The number of hydrogen-bond acceptors (Lipinski definition) is 8. The second-order valence-corrected chi connectivity index (χ2v) is 10.1. The summed E-state index contributed by atoms with van der Waals surface area (Å²) in [6.07, 6.45) is -0.462. The van der Waals surface area contributed by atoms with Gasteiger partial charge in [0.25, 0.3) is 5.56 Å². The molecule has 0 aromatic carbocycles. The number of ether oxygens (including phenoxy) is 3. The number of carbonyl (C=O) groups excluding carboxylic acids is 2. The highest BCUT2D eigenvalue weighted by molar-refractivity contribution is 7.18. The third-order valence-corrected chi connectivity index (χ3v) is 6.69. The molecule has 2 aromatic rings. The van der Waals surface area contributed by atoms with Gasteiger partial charge in [-0.3, -0.25) is 13.9 Å². The largest absolute Gasteiger partial charge is 0.443 e. The minimum atomic E-state index is -0.905.